The SMILES string of the molecule is C=CC(=O)OCC1CO1.CCOCC.OCCO. The van der Waals surface area contributed by atoms with Gasteiger partial charge in [0, 0.05) is 19.3 Å². The van der Waals surface area contributed by atoms with Gasteiger partial charge in [0.1, 0.15) is 12.7 Å². The molecule has 18 heavy (non-hydrogen) atoms. The zero-order valence-corrected chi connectivity index (χ0v) is 11.1. The Balaban J connectivity index is 0. The first-order valence-electron chi connectivity index (χ1n) is 5.86. The van der Waals surface area contributed by atoms with Crippen molar-refractivity contribution < 1.29 is 29.2 Å². The summed E-state index contributed by atoms with van der Waals surface area (Å²) >= 11 is 0. The number of aliphatic hydroxyl groups is 2. The highest BCUT2D eigenvalue weighted by Gasteiger charge is 2.23. The van der Waals surface area contributed by atoms with Gasteiger partial charge in [0.2, 0.25) is 0 Å². The van der Waals surface area contributed by atoms with Crippen molar-refractivity contribution in [1.82, 2.24) is 0 Å². The lowest BCUT2D eigenvalue weighted by atomic mass is 10.5. The van der Waals surface area contributed by atoms with Crippen LogP contribution in [-0.2, 0) is 19.0 Å². The molecule has 0 saturated carbocycles. The fourth-order valence-electron chi connectivity index (χ4n) is 0.602. The molecule has 0 spiro atoms. The fourth-order valence-corrected chi connectivity index (χ4v) is 0.602. The summed E-state index contributed by atoms with van der Waals surface area (Å²) in [4.78, 5) is 10.3. The number of hydrogen-bond donors (Lipinski definition) is 2. The molecule has 1 atom stereocenters. The van der Waals surface area contributed by atoms with Gasteiger partial charge in [0.25, 0.3) is 0 Å². The molecule has 1 fully saturated rings. The molecule has 0 aliphatic carbocycles. The first-order valence-corrected chi connectivity index (χ1v) is 5.86. The largest absolute Gasteiger partial charge is 0.460 e. The van der Waals surface area contributed by atoms with Gasteiger partial charge in [-0.15, -0.1) is 0 Å². The van der Waals surface area contributed by atoms with E-state index in [4.69, 9.17) is 19.7 Å². The van der Waals surface area contributed by atoms with Crippen LogP contribution in [-0.4, -0.2) is 61.9 Å². The maximum atomic E-state index is 10.3. The Morgan fingerprint density at radius 3 is 2.11 bits per heavy atom. The van der Waals surface area contributed by atoms with E-state index in [2.05, 4.69) is 11.3 Å². The number of aliphatic hydroxyl groups excluding tert-OH is 2. The maximum absolute atomic E-state index is 10.3. The molecule has 1 heterocycles. The number of carbonyl (C=O) groups excluding carboxylic acids is 1. The van der Waals surface area contributed by atoms with Gasteiger partial charge in [-0.25, -0.2) is 4.79 Å². The van der Waals surface area contributed by atoms with Gasteiger partial charge in [-0.1, -0.05) is 6.58 Å². The molecule has 0 radical (unpaired) electrons. The van der Waals surface area contributed by atoms with Crippen LogP contribution in [0.25, 0.3) is 0 Å². The fraction of sp³-hybridized carbons (Fsp3) is 0.750. The number of esters is 1. The van der Waals surface area contributed by atoms with Crippen molar-refractivity contribution >= 4 is 5.97 Å². The molecule has 1 saturated heterocycles. The molecule has 1 aliphatic heterocycles. The van der Waals surface area contributed by atoms with E-state index in [0.29, 0.717) is 13.2 Å². The van der Waals surface area contributed by atoms with Gasteiger partial charge in [-0.3, -0.25) is 0 Å². The van der Waals surface area contributed by atoms with Crippen LogP contribution >= 0.6 is 0 Å². The van der Waals surface area contributed by atoms with Crippen LogP contribution in [0.2, 0.25) is 0 Å². The lowest BCUT2D eigenvalue weighted by Gasteiger charge is -1.94. The molecule has 0 aromatic heterocycles. The Bertz CT molecular complexity index is 187. The average Bonchev–Trinajstić information content (AvgIpc) is 3.22. The summed E-state index contributed by atoms with van der Waals surface area (Å²) in [6.45, 7) is 9.74. The zero-order chi connectivity index (χ0) is 14.2. The van der Waals surface area contributed by atoms with Crippen LogP contribution in [0.4, 0.5) is 0 Å². The minimum atomic E-state index is -0.384. The van der Waals surface area contributed by atoms with Crippen LogP contribution in [0, 0.1) is 0 Å². The van der Waals surface area contributed by atoms with Crippen molar-refractivity contribution in [3.63, 3.8) is 0 Å². The first-order chi connectivity index (χ1) is 8.65. The number of epoxide rings is 1. The zero-order valence-electron chi connectivity index (χ0n) is 11.1. The second-order valence-corrected chi connectivity index (χ2v) is 3.02. The monoisotopic (exact) mass is 264 g/mol. The number of hydrogen-bond acceptors (Lipinski definition) is 6. The van der Waals surface area contributed by atoms with Crippen molar-refractivity contribution in [3.05, 3.63) is 12.7 Å². The average molecular weight is 264 g/mol. The summed E-state index contributed by atoms with van der Waals surface area (Å²) < 4.78 is 14.3. The van der Waals surface area contributed by atoms with Crippen LogP contribution in [0.1, 0.15) is 13.8 Å². The molecular weight excluding hydrogens is 240 g/mol. The van der Waals surface area contributed by atoms with Gasteiger partial charge in [-0.2, -0.15) is 0 Å². The Morgan fingerprint density at radius 2 is 1.89 bits per heavy atom. The van der Waals surface area contributed by atoms with Gasteiger partial charge < -0.3 is 24.4 Å². The van der Waals surface area contributed by atoms with E-state index in [1.807, 2.05) is 13.8 Å². The Kier molecular flexibility index (Phi) is 17.3. The Labute approximate surface area is 108 Å². The summed E-state index contributed by atoms with van der Waals surface area (Å²) in [5.41, 5.74) is 0. The molecule has 0 aromatic carbocycles. The molecule has 1 aliphatic rings. The second kappa shape index (κ2) is 16.1. The number of ether oxygens (including phenoxy) is 3. The van der Waals surface area contributed by atoms with Gasteiger partial charge in [-0.05, 0) is 13.8 Å². The van der Waals surface area contributed by atoms with E-state index in [9.17, 15) is 4.79 Å². The molecule has 1 unspecified atom stereocenters. The Morgan fingerprint density at radius 1 is 1.39 bits per heavy atom. The van der Waals surface area contributed by atoms with Crippen molar-refractivity contribution in [2.24, 2.45) is 0 Å². The lowest BCUT2D eigenvalue weighted by molar-refractivity contribution is -0.138. The normalized spacial score (nSPS) is 15.4. The molecule has 108 valence electrons. The molecule has 6 heteroatoms. The summed E-state index contributed by atoms with van der Waals surface area (Å²) in [6, 6.07) is 0. The van der Waals surface area contributed by atoms with Gasteiger partial charge in [0.05, 0.1) is 19.8 Å². The summed E-state index contributed by atoms with van der Waals surface area (Å²) in [6.07, 6.45) is 1.29. The van der Waals surface area contributed by atoms with Crippen LogP contribution in [0.15, 0.2) is 12.7 Å². The number of carbonyl (C=O) groups is 1. The molecule has 2 N–H and O–H groups in total. The second-order valence-electron chi connectivity index (χ2n) is 3.02. The first kappa shape index (κ1) is 19.4. The highest BCUT2D eigenvalue weighted by molar-refractivity contribution is 5.81. The third kappa shape index (κ3) is 20.5. The summed E-state index contributed by atoms with van der Waals surface area (Å²) in [7, 11) is 0. The molecule has 0 amide bonds. The van der Waals surface area contributed by atoms with Crippen molar-refractivity contribution in [1.29, 1.82) is 0 Å². The summed E-state index contributed by atoms with van der Waals surface area (Å²) in [5, 5.41) is 15.2. The quantitative estimate of drug-likeness (QED) is 0.403. The maximum Gasteiger partial charge on any atom is 0.330 e. The molecule has 6 nitrogen and oxygen atoms in total. The predicted octanol–water partition coefficient (Wildman–Crippen LogP) is 0.128. The molecule has 1 rings (SSSR count). The lowest BCUT2D eigenvalue weighted by Crippen LogP contribution is -2.06. The van der Waals surface area contributed by atoms with Crippen LogP contribution in [0.3, 0.4) is 0 Å². The van der Waals surface area contributed by atoms with E-state index < -0.39 is 0 Å². The number of rotatable bonds is 6. The highest BCUT2D eigenvalue weighted by Crippen LogP contribution is 2.08. The molecule has 0 aromatic rings. The third-order valence-corrected chi connectivity index (χ3v) is 1.49. The van der Waals surface area contributed by atoms with Crippen LogP contribution in [0.5, 0.6) is 0 Å². The predicted molar refractivity (Wildman–Crippen MR) is 67.2 cm³/mol. The third-order valence-electron chi connectivity index (χ3n) is 1.49. The van der Waals surface area contributed by atoms with E-state index in [0.717, 1.165) is 19.3 Å². The van der Waals surface area contributed by atoms with E-state index in [1.54, 1.807) is 0 Å². The minimum Gasteiger partial charge on any atom is -0.460 e. The van der Waals surface area contributed by atoms with Crippen molar-refractivity contribution in [2.45, 2.75) is 20.0 Å². The summed E-state index contributed by atoms with van der Waals surface area (Å²) in [5.74, 6) is -0.384. The van der Waals surface area contributed by atoms with E-state index in [-0.39, 0.29) is 25.3 Å². The van der Waals surface area contributed by atoms with Gasteiger partial charge in [0.15, 0.2) is 0 Å². The standard InChI is InChI=1S/C6H8O3.C4H10O.C2H6O2/c1-2-6(7)9-4-5-3-8-5;1-3-5-4-2;3-1-2-4/h2,5H,1,3-4H2;3-4H2,1-2H3;3-4H,1-2H2. The van der Waals surface area contributed by atoms with E-state index >= 15 is 0 Å². The highest BCUT2D eigenvalue weighted by atomic mass is 16.6. The van der Waals surface area contributed by atoms with Crippen molar-refractivity contribution in [2.75, 3.05) is 39.6 Å². The minimum absolute atomic E-state index is 0.125. The van der Waals surface area contributed by atoms with Crippen molar-refractivity contribution in [3.8, 4) is 0 Å². The molecule has 0 bridgehead atoms. The molecular formula is C12H24O6. The topological polar surface area (TPSA) is 88.5 Å². The van der Waals surface area contributed by atoms with Gasteiger partial charge >= 0.3 is 5.97 Å². The smallest absolute Gasteiger partial charge is 0.330 e. The van der Waals surface area contributed by atoms with Crippen LogP contribution < -0.4 is 0 Å². The Hall–Kier alpha value is -0.950. The van der Waals surface area contributed by atoms with E-state index in [1.165, 1.54) is 0 Å².